The number of nitrogens with zero attached hydrogens (tertiary/aromatic N) is 1. The van der Waals surface area contributed by atoms with Gasteiger partial charge >= 0.3 is 0 Å². The van der Waals surface area contributed by atoms with Crippen LogP contribution in [-0.4, -0.2) is 51.4 Å². The van der Waals surface area contributed by atoms with E-state index in [-0.39, 0.29) is 11.4 Å². The van der Waals surface area contributed by atoms with Crippen molar-refractivity contribution in [3.05, 3.63) is 0 Å². The molecule has 0 aromatic rings. The third-order valence-corrected chi connectivity index (χ3v) is 4.71. The van der Waals surface area contributed by atoms with Gasteiger partial charge < -0.3 is 15.7 Å². The van der Waals surface area contributed by atoms with Crippen LogP contribution in [0.2, 0.25) is 5.54 Å². The summed E-state index contributed by atoms with van der Waals surface area (Å²) >= 11 is 0. The van der Waals surface area contributed by atoms with Crippen LogP contribution >= 0.6 is 0 Å². The lowest BCUT2D eigenvalue weighted by Gasteiger charge is -2.26. The van der Waals surface area contributed by atoms with E-state index in [9.17, 15) is 9.90 Å². The quantitative estimate of drug-likeness (QED) is 0.563. The van der Waals surface area contributed by atoms with Gasteiger partial charge in [0.15, 0.2) is 0 Å². The minimum Gasteiger partial charge on any atom is -0.393 e. The second-order valence-corrected chi connectivity index (χ2v) is 5.49. The highest BCUT2D eigenvalue weighted by molar-refractivity contribution is 6.14. The molecule has 0 radical (unpaired) electrons. The number of carbonyl (C=O) groups excluding carboxylic acids is 1. The zero-order valence-corrected chi connectivity index (χ0v) is 10.9. The van der Waals surface area contributed by atoms with E-state index in [4.69, 9.17) is 5.73 Å². The number of rotatable bonds is 3. The van der Waals surface area contributed by atoms with E-state index in [2.05, 4.69) is 0 Å². The zero-order chi connectivity index (χ0) is 10.7. The Hall–Kier alpha value is -0.393. The second kappa shape index (κ2) is 4.91. The van der Waals surface area contributed by atoms with Gasteiger partial charge in [0, 0.05) is 23.3 Å². The van der Waals surface area contributed by atoms with Crippen molar-refractivity contribution in [3.8, 4) is 0 Å². The Bertz CT molecular complexity index is 205. The third-order valence-electron chi connectivity index (χ3n) is 3.03. The van der Waals surface area contributed by atoms with Crippen LogP contribution in [0.15, 0.2) is 0 Å². The summed E-state index contributed by atoms with van der Waals surface area (Å²) in [6.45, 7) is 3.37. The molecule has 0 aliphatic carbocycles. The maximum atomic E-state index is 11.8. The molecule has 5 heteroatoms. The Labute approximate surface area is 87.9 Å². The van der Waals surface area contributed by atoms with E-state index in [1.165, 1.54) is 0 Å². The minimum absolute atomic E-state index is 0.0170. The predicted molar refractivity (Wildman–Crippen MR) is 59.2 cm³/mol. The molecule has 0 spiro atoms. The summed E-state index contributed by atoms with van der Waals surface area (Å²) < 4.78 is 0. The Balaban J connectivity index is 2.50. The number of likely N-dealkylation sites (tertiary alicyclic amines) is 1. The fourth-order valence-corrected chi connectivity index (χ4v) is 1.96. The van der Waals surface area contributed by atoms with Gasteiger partial charge in [-0.15, -0.1) is 0 Å². The average Bonchev–Trinajstić information content (AvgIpc) is 2.67. The maximum Gasteiger partial charge on any atom is 0.239 e. The normalized spacial score (nSPS) is 23.5. The number of nitrogens with two attached hydrogens (primary N) is 1. The molecule has 0 saturated carbocycles. The van der Waals surface area contributed by atoms with Crippen molar-refractivity contribution >= 4 is 16.1 Å². The minimum atomic E-state index is -0.500. The van der Waals surface area contributed by atoms with Crippen molar-refractivity contribution in [2.24, 2.45) is 5.73 Å². The molecule has 1 rings (SSSR count). The lowest BCUT2D eigenvalue weighted by molar-refractivity contribution is -0.132. The van der Waals surface area contributed by atoms with Gasteiger partial charge in [0.05, 0.1) is 12.1 Å². The molecule has 1 unspecified atom stereocenters. The van der Waals surface area contributed by atoms with Gasteiger partial charge in [-0.05, 0) is 25.3 Å². The first-order chi connectivity index (χ1) is 6.54. The number of aliphatic hydroxyl groups is 1. The monoisotopic (exact) mass is 216 g/mol. The fourth-order valence-electron chi connectivity index (χ4n) is 1.67. The molecule has 1 aliphatic rings. The van der Waals surface area contributed by atoms with Crippen molar-refractivity contribution in [1.82, 2.24) is 4.90 Å². The summed E-state index contributed by atoms with van der Waals surface area (Å²) in [5.74, 6) is 0.0170. The number of hydrogen-bond donors (Lipinski definition) is 2. The average molecular weight is 216 g/mol. The lowest BCUT2D eigenvalue weighted by atomic mass is 10.1. The van der Waals surface area contributed by atoms with Gasteiger partial charge in [-0.25, -0.2) is 0 Å². The molecule has 1 amide bonds. The van der Waals surface area contributed by atoms with E-state index in [1.54, 1.807) is 6.92 Å². The lowest BCUT2D eigenvalue weighted by Crippen LogP contribution is -2.47. The number of aliphatic hydroxyl groups excluding tert-OH is 1. The number of carbonyl (C=O) groups is 1. The summed E-state index contributed by atoms with van der Waals surface area (Å²) in [5, 5.41) is 9.37. The van der Waals surface area contributed by atoms with E-state index >= 15 is 0 Å². The molecule has 0 aromatic carbocycles. The molecule has 1 saturated heterocycles. The summed E-state index contributed by atoms with van der Waals surface area (Å²) in [7, 11) is 0.754. The predicted octanol–water partition coefficient (Wildman–Crippen LogP) is -1.53. The van der Waals surface area contributed by atoms with Crippen molar-refractivity contribution in [3.63, 3.8) is 0 Å². The van der Waals surface area contributed by atoms with Crippen LogP contribution in [-0.2, 0) is 4.79 Å². The highest BCUT2D eigenvalue weighted by Gasteiger charge is 2.29. The molecular formula is C9H20N2O2Si. The SMILES string of the molecule is C[C@@H](O)C([SiH3])[C@H](N)C(=O)N1CCCC1. The summed E-state index contributed by atoms with van der Waals surface area (Å²) in [6.07, 6.45) is 1.70. The summed E-state index contributed by atoms with van der Waals surface area (Å²) in [5.41, 5.74) is 5.79. The van der Waals surface area contributed by atoms with Gasteiger partial charge in [0.25, 0.3) is 0 Å². The molecule has 14 heavy (non-hydrogen) atoms. The van der Waals surface area contributed by atoms with Gasteiger partial charge in [0.1, 0.15) is 0 Å². The van der Waals surface area contributed by atoms with Crippen LogP contribution in [0, 0.1) is 0 Å². The molecule has 1 fully saturated rings. The Morgan fingerprint density at radius 1 is 1.50 bits per heavy atom. The van der Waals surface area contributed by atoms with Gasteiger partial charge in [-0.1, -0.05) is 0 Å². The Morgan fingerprint density at radius 2 is 2.00 bits per heavy atom. The van der Waals surface area contributed by atoms with E-state index in [0.29, 0.717) is 0 Å². The van der Waals surface area contributed by atoms with Crippen molar-refractivity contribution in [2.45, 2.75) is 37.5 Å². The van der Waals surface area contributed by atoms with Crippen molar-refractivity contribution < 1.29 is 9.90 Å². The van der Waals surface area contributed by atoms with Crippen molar-refractivity contribution in [2.75, 3.05) is 13.1 Å². The molecule has 1 aliphatic heterocycles. The molecule has 3 atom stereocenters. The van der Waals surface area contributed by atoms with Crippen LogP contribution in [0.25, 0.3) is 0 Å². The summed E-state index contributed by atoms with van der Waals surface area (Å²) in [4.78, 5) is 13.6. The first kappa shape index (κ1) is 11.7. The van der Waals surface area contributed by atoms with E-state index < -0.39 is 12.1 Å². The van der Waals surface area contributed by atoms with Gasteiger partial charge in [-0.2, -0.15) is 0 Å². The maximum absolute atomic E-state index is 11.8. The molecule has 3 N–H and O–H groups in total. The van der Waals surface area contributed by atoms with Crippen LogP contribution in [0.3, 0.4) is 0 Å². The third kappa shape index (κ3) is 2.56. The molecule has 0 aromatic heterocycles. The molecule has 4 nitrogen and oxygen atoms in total. The number of amides is 1. The standard InChI is InChI=1S/C9H20N2O2Si/c1-6(12)8(14)7(10)9(13)11-4-2-3-5-11/h6-8,12H,2-5,10H2,1,14H3/t6-,7+,8?/m1/s1. The molecule has 82 valence electrons. The highest BCUT2D eigenvalue weighted by atomic mass is 28.1. The first-order valence-electron chi connectivity index (χ1n) is 5.26. The second-order valence-electron chi connectivity index (χ2n) is 4.16. The zero-order valence-electron chi connectivity index (χ0n) is 8.94. The highest BCUT2D eigenvalue weighted by Crippen LogP contribution is 2.15. The largest absolute Gasteiger partial charge is 0.393 e. The van der Waals surface area contributed by atoms with Crippen LogP contribution in [0.5, 0.6) is 0 Å². The molecule has 0 bridgehead atoms. The molecular weight excluding hydrogens is 196 g/mol. The summed E-state index contributed by atoms with van der Waals surface area (Å²) in [6, 6.07) is -0.500. The van der Waals surface area contributed by atoms with E-state index in [0.717, 1.165) is 36.2 Å². The van der Waals surface area contributed by atoms with Gasteiger partial charge in [0.2, 0.25) is 5.91 Å². The van der Waals surface area contributed by atoms with Crippen LogP contribution < -0.4 is 5.73 Å². The van der Waals surface area contributed by atoms with Crippen LogP contribution in [0.1, 0.15) is 19.8 Å². The van der Waals surface area contributed by atoms with E-state index in [1.807, 2.05) is 4.90 Å². The topological polar surface area (TPSA) is 66.6 Å². The van der Waals surface area contributed by atoms with Crippen molar-refractivity contribution in [1.29, 1.82) is 0 Å². The Kier molecular flexibility index (Phi) is 4.09. The fraction of sp³-hybridized carbons (Fsp3) is 0.889. The Morgan fingerprint density at radius 3 is 2.43 bits per heavy atom. The first-order valence-corrected chi connectivity index (χ1v) is 6.42. The van der Waals surface area contributed by atoms with Gasteiger partial charge in [-0.3, -0.25) is 4.79 Å². The smallest absolute Gasteiger partial charge is 0.239 e. The molecule has 1 heterocycles. The number of hydrogen-bond acceptors (Lipinski definition) is 3. The van der Waals surface area contributed by atoms with Crippen LogP contribution in [0.4, 0.5) is 0 Å².